The van der Waals surface area contributed by atoms with Crippen molar-refractivity contribution in [1.29, 1.82) is 0 Å². The maximum Gasteiger partial charge on any atom is 0.0464 e. The Morgan fingerprint density at radius 3 is 0.794 bits per heavy atom. The third-order valence-corrected chi connectivity index (χ3v) is 15.1. The number of hydrogen-bond donors (Lipinski definition) is 0. The highest BCUT2D eigenvalue weighted by Crippen LogP contribution is 2.48. The minimum Gasteiger partial charge on any atom is -0.310 e. The number of aryl methyl sites for hydroxylation is 8. The first kappa shape index (κ1) is 44.7. The van der Waals surface area contributed by atoms with E-state index in [0.29, 0.717) is 11.8 Å². The fraction of sp³-hybridized carbons (Fsp3) is 0.212. The van der Waals surface area contributed by atoms with E-state index < -0.39 is 0 Å². The Balaban J connectivity index is 1.13. The highest BCUT2D eigenvalue weighted by Gasteiger charge is 2.23. The van der Waals surface area contributed by atoms with Gasteiger partial charge in [-0.1, -0.05) is 100 Å². The maximum absolute atomic E-state index is 2.48. The summed E-state index contributed by atoms with van der Waals surface area (Å²) < 4.78 is 0. The standard InChI is InChI=1S/C66H64N2/c1-39(2)61-37-63(49-17-25-51(26-18-49)67(53-21-13-41(5)45(9)33-53)54-22-14-42(6)46(10)34-54)59-32-30-58-62(40(3)4)38-64(60-31-29-57(61)65(59)66(58)60)50-19-27-52(28-20-50)68(55-23-15-43(7)47(11)35-55)56-24-16-44(8)48(12)36-56/h13-40H,1-12H3. The van der Waals surface area contributed by atoms with Crippen molar-refractivity contribution in [3.8, 4) is 22.3 Å². The van der Waals surface area contributed by atoms with E-state index in [1.54, 1.807) is 0 Å². The largest absolute Gasteiger partial charge is 0.310 e. The van der Waals surface area contributed by atoms with Gasteiger partial charge in [-0.15, -0.1) is 0 Å². The molecule has 0 aliphatic heterocycles. The molecule has 10 rings (SSSR count). The maximum atomic E-state index is 2.48. The molecule has 68 heavy (non-hydrogen) atoms. The van der Waals surface area contributed by atoms with E-state index in [1.165, 1.54) is 133 Å². The summed E-state index contributed by atoms with van der Waals surface area (Å²) in [7, 11) is 0. The van der Waals surface area contributed by atoms with Gasteiger partial charge in [-0.3, -0.25) is 0 Å². The Labute approximate surface area is 404 Å². The zero-order valence-electron chi connectivity index (χ0n) is 42.1. The van der Waals surface area contributed by atoms with Gasteiger partial charge in [0.2, 0.25) is 0 Å². The van der Waals surface area contributed by atoms with Gasteiger partial charge in [-0.2, -0.15) is 0 Å². The Morgan fingerprint density at radius 2 is 0.529 bits per heavy atom. The molecule has 0 heterocycles. The first-order chi connectivity index (χ1) is 32.7. The minimum atomic E-state index is 0.344. The molecule has 0 saturated carbocycles. The molecule has 2 nitrogen and oxygen atoms in total. The van der Waals surface area contributed by atoms with Crippen molar-refractivity contribution in [2.75, 3.05) is 9.80 Å². The monoisotopic (exact) mass is 885 g/mol. The van der Waals surface area contributed by atoms with Crippen LogP contribution in [0, 0.1) is 55.4 Å². The van der Waals surface area contributed by atoms with Crippen LogP contribution in [0.4, 0.5) is 34.1 Å². The summed E-state index contributed by atoms with van der Waals surface area (Å²) in [5.41, 5.74) is 25.1. The summed E-state index contributed by atoms with van der Waals surface area (Å²) >= 11 is 0. The van der Waals surface area contributed by atoms with Gasteiger partial charge >= 0.3 is 0 Å². The third-order valence-electron chi connectivity index (χ3n) is 15.1. The van der Waals surface area contributed by atoms with E-state index in [1.807, 2.05) is 0 Å². The van der Waals surface area contributed by atoms with E-state index in [2.05, 4.69) is 251 Å². The van der Waals surface area contributed by atoms with Crippen LogP contribution in [0.2, 0.25) is 0 Å². The number of anilines is 6. The number of hydrogen-bond acceptors (Lipinski definition) is 2. The van der Waals surface area contributed by atoms with Crippen molar-refractivity contribution in [1.82, 2.24) is 0 Å². The predicted octanol–water partition coefficient (Wildman–Crippen LogP) is 19.6. The molecule has 2 heteroatoms. The Hall–Kier alpha value is -7.16. The van der Waals surface area contributed by atoms with Crippen LogP contribution in [0.25, 0.3) is 54.6 Å². The summed E-state index contributed by atoms with van der Waals surface area (Å²) in [6, 6.07) is 60.4. The van der Waals surface area contributed by atoms with Crippen LogP contribution in [0.5, 0.6) is 0 Å². The molecule has 0 radical (unpaired) electrons. The second kappa shape index (κ2) is 17.5. The zero-order valence-corrected chi connectivity index (χ0v) is 42.1. The van der Waals surface area contributed by atoms with Gasteiger partial charge in [0.05, 0.1) is 0 Å². The van der Waals surface area contributed by atoms with E-state index >= 15 is 0 Å². The second-order valence-electron chi connectivity index (χ2n) is 20.2. The molecule has 338 valence electrons. The average molecular weight is 885 g/mol. The van der Waals surface area contributed by atoms with Crippen LogP contribution in [-0.2, 0) is 0 Å². The van der Waals surface area contributed by atoms with E-state index in [-0.39, 0.29) is 0 Å². The first-order valence-electron chi connectivity index (χ1n) is 24.5. The van der Waals surface area contributed by atoms with Crippen molar-refractivity contribution in [2.24, 2.45) is 0 Å². The molecule has 0 unspecified atom stereocenters. The Bertz CT molecular complexity index is 3190. The first-order valence-corrected chi connectivity index (χ1v) is 24.5. The van der Waals surface area contributed by atoms with Crippen LogP contribution >= 0.6 is 0 Å². The summed E-state index contributed by atoms with van der Waals surface area (Å²) in [5, 5.41) is 8.04. The fourth-order valence-corrected chi connectivity index (χ4v) is 10.4. The van der Waals surface area contributed by atoms with E-state index in [0.717, 1.165) is 11.4 Å². The molecule has 0 N–H and O–H groups in total. The van der Waals surface area contributed by atoms with Crippen LogP contribution in [0.15, 0.2) is 158 Å². The zero-order chi connectivity index (χ0) is 47.7. The SMILES string of the molecule is Cc1ccc(N(c2ccc(-c3cc(C(C)C)c4ccc5c(-c6ccc(N(c7ccc(C)c(C)c7)c7ccc(C)c(C)c7)cc6)cc(C(C)C)c6ccc3c4c56)cc2)c2ccc(C)c(C)c2)cc1C. The van der Waals surface area contributed by atoms with Gasteiger partial charge < -0.3 is 9.80 Å². The molecular weight excluding hydrogens is 821 g/mol. The number of nitrogens with zero attached hydrogens (tertiary/aromatic N) is 2. The lowest BCUT2D eigenvalue weighted by Gasteiger charge is -2.27. The quantitative estimate of drug-likeness (QED) is 0.126. The Morgan fingerprint density at radius 1 is 0.265 bits per heavy atom. The summed E-state index contributed by atoms with van der Waals surface area (Å²) in [6.45, 7) is 26.9. The van der Waals surface area contributed by atoms with E-state index in [9.17, 15) is 0 Å². The lowest BCUT2D eigenvalue weighted by atomic mass is 9.81. The lowest BCUT2D eigenvalue weighted by molar-refractivity contribution is 0.876. The van der Waals surface area contributed by atoms with Crippen LogP contribution in [0.3, 0.4) is 0 Å². The summed E-state index contributed by atoms with van der Waals surface area (Å²) in [6.07, 6.45) is 0. The van der Waals surface area contributed by atoms with Crippen molar-refractivity contribution >= 4 is 66.4 Å². The molecule has 0 fully saturated rings. The third kappa shape index (κ3) is 7.80. The molecule has 0 atom stereocenters. The van der Waals surface area contributed by atoms with Crippen molar-refractivity contribution in [3.63, 3.8) is 0 Å². The molecule has 10 aromatic carbocycles. The average Bonchev–Trinajstić information content (AvgIpc) is 3.33. The summed E-state index contributed by atoms with van der Waals surface area (Å²) in [5.74, 6) is 0.689. The highest BCUT2D eigenvalue weighted by molar-refractivity contribution is 6.29. The van der Waals surface area contributed by atoms with Crippen molar-refractivity contribution < 1.29 is 0 Å². The van der Waals surface area contributed by atoms with E-state index in [4.69, 9.17) is 0 Å². The normalized spacial score (nSPS) is 11.8. The molecule has 0 spiro atoms. The second-order valence-corrected chi connectivity index (χ2v) is 20.2. The molecule has 0 aromatic heterocycles. The van der Waals surface area contributed by atoms with Crippen LogP contribution < -0.4 is 9.80 Å². The number of rotatable bonds is 10. The molecule has 0 saturated heterocycles. The smallest absolute Gasteiger partial charge is 0.0464 e. The molecular formula is C66H64N2. The van der Waals surface area contributed by atoms with Gasteiger partial charge in [0.1, 0.15) is 0 Å². The van der Waals surface area contributed by atoms with Crippen LogP contribution in [0.1, 0.15) is 95.2 Å². The van der Waals surface area contributed by atoms with Gasteiger partial charge in [-0.05, 0) is 262 Å². The van der Waals surface area contributed by atoms with Crippen molar-refractivity contribution in [2.45, 2.75) is 94.9 Å². The molecule has 0 amide bonds. The molecule has 0 aliphatic rings. The predicted molar refractivity (Wildman–Crippen MR) is 296 cm³/mol. The van der Waals surface area contributed by atoms with Gasteiger partial charge in [-0.25, -0.2) is 0 Å². The molecule has 0 aliphatic carbocycles. The minimum absolute atomic E-state index is 0.344. The lowest BCUT2D eigenvalue weighted by Crippen LogP contribution is -2.10. The topological polar surface area (TPSA) is 6.48 Å². The van der Waals surface area contributed by atoms with Gasteiger partial charge in [0, 0.05) is 34.1 Å². The van der Waals surface area contributed by atoms with Gasteiger partial charge in [0.25, 0.3) is 0 Å². The molecule has 10 aromatic rings. The van der Waals surface area contributed by atoms with Gasteiger partial charge in [0.15, 0.2) is 0 Å². The fourth-order valence-electron chi connectivity index (χ4n) is 10.4. The Kier molecular flexibility index (Phi) is 11.5. The highest BCUT2D eigenvalue weighted by atomic mass is 15.1. The molecule has 0 bridgehead atoms. The number of benzene rings is 10. The van der Waals surface area contributed by atoms with Crippen molar-refractivity contribution in [3.05, 3.63) is 213 Å². The summed E-state index contributed by atoms with van der Waals surface area (Å²) in [4.78, 5) is 4.80. The van der Waals surface area contributed by atoms with Crippen LogP contribution in [-0.4, -0.2) is 0 Å².